The summed E-state index contributed by atoms with van der Waals surface area (Å²) in [5.41, 5.74) is 8.16. The fourth-order valence-corrected chi connectivity index (χ4v) is 3.19. The van der Waals surface area contributed by atoms with Crippen molar-refractivity contribution in [3.8, 4) is 0 Å². The molecule has 0 aliphatic carbocycles. The first-order valence-electron chi connectivity index (χ1n) is 8.12. The zero-order valence-electron chi connectivity index (χ0n) is 14.7. The molecule has 2 heterocycles. The van der Waals surface area contributed by atoms with Crippen LogP contribution in [0.3, 0.4) is 0 Å². The molecule has 0 fully saturated rings. The van der Waals surface area contributed by atoms with Crippen LogP contribution < -0.4 is 10.1 Å². The van der Waals surface area contributed by atoms with Gasteiger partial charge in [-0.25, -0.2) is 5.56 Å². The number of benzene rings is 2. The van der Waals surface area contributed by atoms with Gasteiger partial charge in [0.05, 0.1) is 13.2 Å². The molecule has 0 atom stereocenters. The first kappa shape index (κ1) is 18.0. The average Bonchev–Trinajstić information content (AvgIpc) is 2.99. The van der Waals surface area contributed by atoms with E-state index in [1.54, 1.807) is 0 Å². The number of hydrogen-bond donors (Lipinski definition) is 0. The Kier molecular flexibility index (Phi) is 5.22. The summed E-state index contributed by atoms with van der Waals surface area (Å²) in [7, 11) is 2.07. The summed E-state index contributed by atoms with van der Waals surface area (Å²) in [4.78, 5) is 0. The predicted octanol–water partition coefficient (Wildman–Crippen LogP) is 3.75. The molecule has 2 aromatic carbocycles. The first-order valence-corrected chi connectivity index (χ1v) is 8.12. The van der Waals surface area contributed by atoms with Gasteiger partial charge >= 0.3 is 0 Å². The van der Waals surface area contributed by atoms with Crippen LogP contribution in [0.2, 0.25) is 0 Å². The second kappa shape index (κ2) is 7.23. The van der Waals surface area contributed by atoms with Crippen LogP contribution in [0.5, 0.6) is 0 Å². The Morgan fingerprint density at radius 2 is 1.84 bits per heavy atom. The summed E-state index contributed by atoms with van der Waals surface area (Å²) in [5, 5.41) is 0. The van der Waals surface area contributed by atoms with Crippen molar-refractivity contribution < 1.29 is 32.7 Å². The molecule has 0 bridgehead atoms. The van der Waals surface area contributed by atoms with E-state index < -0.39 is 0 Å². The number of nitrogens with zero attached hydrogens (tertiary/aromatic N) is 2. The third-order valence-electron chi connectivity index (χ3n) is 4.44. The van der Waals surface area contributed by atoms with Gasteiger partial charge in [-0.3, -0.25) is 4.57 Å². The third kappa shape index (κ3) is 3.21. The summed E-state index contributed by atoms with van der Waals surface area (Å²) in [6.45, 7) is 4.27. The number of rotatable bonds is 1. The van der Waals surface area contributed by atoms with Crippen molar-refractivity contribution in [2.24, 2.45) is 7.05 Å². The molecule has 1 radical (unpaired) electrons. The summed E-state index contributed by atoms with van der Waals surface area (Å²) in [6.07, 6.45) is 5.69. The summed E-state index contributed by atoms with van der Waals surface area (Å²) in [5.74, 6) is 0. The first-order chi connectivity index (χ1) is 11.6. The van der Waals surface area contributed by atoms with E-state index in [1.165, 1.54) is 22.4 Å². The molecule has 0 N–H and O–H groups in total. The molecule has 3 aromatic rings. The smallest absolute Gasteiger partial charge is 0.222 e. The van der Waals surface area contributed by atoms with Crippen LogP contribution in [0.4, 0.5) is 5.69 Å². The average molecular weight is 400 g/mol. The number of aromatic nitrogens is 1. The molecular formula is C22H19N2Y-. The Labute approximate surface area is 174 Å². The predicted molar refractivity (Wildman–Crippen MR) is 97.3 cm³/mol. The molecule has 4 rings (SSSR count). The van der Waals surface area contributed by atoms with Gasteiger partial charge in [-0.15, -0.1) is 17.7 Å². The Morgan fingerprint density at radius 3 is 2.60 bits per heavy atom. The van der Waals surface area contributed by atoms with E-state index in [9.17, 15) is 0 Å². The van der Waals surface area contributed by atoms with E-state index in [2.05, 4.69) is 84.9 Å². The summed E-state index contributed by atoms with van der Waals surface area (Å²) in [6, 6.07) is 22.2. The van der Waals surface area contributed by atoms with Crippen molar-refractivity contribution in [3.05, 3.63) is 101 Å². The van der Waals surface area contributed by atoms with Crippen LogP contribution in [-0.4, -0.2) is 4.57 Å². The standard InChI is InChI=1S/C22H19N2.Y/c1-16-12-13-23(3)21(14-16)24-15-20(18-9-5-4-6-10-18)19-11-7-8-17(2)22(19)24;/h4-9,11-14H,1-3H3;/q-1;. The van der Waals surface area contributed by atoms with Gasteiger partial charge in [-0.1, -0.05) is 12.1 Å². The fourth-order valence-electron chi connectivity index (χ4n) is 3.19. The van der Waals surface area contributed by atoms with Gasteiger partial charge in [0, 0.05) is 44.6 Å². The molecule has 2 nitrogen and oxygen atoms in total. The molecule has 121 valence electrons. The molecular weight excluding hydrogens is 381 g/mol. The number of para-hydroxylation sites is 1. The molecule has 0 saturated carbocycles. The van der Waals surface area contributed by atoms with Gasteiger partial charge in [0.1, 0.15) is 0 Å². The maximum atomic E-state index is 3.60. The molecule has 1 aliphatic heterocycles. The van der Waals surface area contributed by atoms with Crippen molar-refractivity contribution >= 4 is 11.3 Å². The van der Waals surface area contributed by atoms with Crippen molar-refractivity contribution in [1.82, 2.24) is 9.14 Å². The molecule has 0 amide bonds. The quantitative estimate of drug-likeness (QED) is 0.434. The minimum atomic E-state index is 0. The normalized spacial score (nSPS) is 14.6. The van der Waals surface area contributed by atoms with E-state index in [1.807, 2.05) is 18.2 Å². The molecule has 0 saturated heterocycles. The molecule has 0 spiro atoms. The zero-order valence-corrected chi connectivity index (χ0v) is 17.6. The van der Waals surface area contributed by atoms with Crippen molar-refractivity contribution in [2.75, 3.05) is 0 Å². The van der Waals surface area contributed by atoms with Crippen molar-refractivity contribution in [2.45, 2.75) is 13.8 Å². The van der Waals surface area contributed by atoms with Crippen LogP contribution >= 0.6 is 0 Å². The van der Waals surface area contributed by atoms with Gasteiger partial charge < -0.3 is 4.58 Å². The van der Waals surface area contributed by atoms with E-state index in [-0.39, 0.29) is 32.7 Å². The van der Waals surface area contributed by atoms with Crippen LogP contribution in [0.15, 0.2) is 60.8 Å². The number of hydrogen-bond acceptors (Lipinski definition) is 0. The molecule has 25 heavy (non-hydrogen) atoms. The fraction of sp³-hybridized carbons (Fsp3) is 0.136. The minimum absolute atomic E-state index is 0. The number of fused-ring (bicyclic) bond motifs is 1. The van der Waals surface area contributed by atoms with Crippen LogP contribution in [0, 0.1) is 26.1 Å². The van der Waals surface area contributed by atoms with E-state index >= 15 is 0 Å². The van der Waals surface area contributed by atoms with Gasteiger partial charge in [0.25, 0.3) is 0 Å². The third-order valence-corrected chi connectivity index (χ3v) is 4.44. The SMILES string of the molecule is Cc1ccn(C)c(=[N+]2[C-]=C(c3[c-]cccc3)c3cccc(C)c32)c1.[Y]. The zero-order chi connectivity index (χ0) is 16.7. The van der Waals surface area contributed by atoms with Crippen LogP contribution in [-0.2, 0) is 39.8 Å². The molecule has 1 aliphatic rings. The van der Waals surface area contributed by atoms with Crippen LogP contribution in [0.1, 0.15) is 22.3 Å². The number of aryl methyl sites for hydroxylation is 3. The minimum Gasteiger partial charge on any atom is -0.308 e. The molecule has 3 heteroatoms. The maximum absolute atomic E-state index is 3.60. The number of pyridine rings is 1. The summed E-state index contributed by atoms with van der Waals surface area (Å²) >= 11 is 0. The summed E-state index contributed by atoms with van der Waals surface area (Å²) < 4.78 is 4.31. The Bertz CT molecular complexity index is 1030. The van der Waals surface area contributed by atoms with Crippen molar-refractivity contribution in [1.29, 1.82) is 0 Å². The second-order valence-electron chi connectivity index (χ2n) is 6.24. The van der Waals surface area contributed by atoms with Gasteiger partial charge in [-0.05, 0) is 37.1 Å². The molecule has 1 aromatic heterocycles. The van der Waals surface area contributed by atoms with E-state index in [0.29, 0.717) is 0 Å². The van der Waals surface area contributed by atoms with Crippen molar-refractivity contribution in [3.63, 3.8) is 0 Å². The van der Waals surface area contributed by atoms with Crippen LogP contribution in [0.25, 0.3) is 5.57 Å². The Balaban J connectivity index is 0.00000182. The molecule has 0 unspecified atom stereocenters. The Hall–Kier alpha value is -1.77. The Morgan fingerprint density at radius 1 is 1.00 bits per heavy atom. The monoisotopic (exact) mass is 400 g/mol. The van der Waals surface area contributed by atoms with E-state index in [0.717, 1.165) is 16.6 Å². The largest absolute Gasteiger partial charge is 0.308 e. The van der Waals surface area contributed by atoms with Gasteiger partial charge in [0.2, 0.25) is 5.49 Å². The second-order valence-corrected chi connectivity index (χ2v) is 6.24. The van der Waals surface area contributed by atoms with Gasteiger partial charge in [-0.2, -0.15) is 29.8 Å². The van der Waals surface area contributed by atoms with Gasteiger partial charge in [0.15, 0.2) is 0 Å². The maximum Gasteiger partial charge on any atom is 0.222 e. The van der Waals surface area contributed by atoms with E-state index in [4.69, 9.17) is 0 Å². The topological polar surface area (TPSA) is 7.94 Å².